The van der Waals surface area contributed by atoms with Crippen molar-refractivity contribution < 1.29 is 14.7 Å². The summed E-state index contributed by atoms with van der Waals surface area (Å²) < 4.78 is 0. The Bertz CT molecular complexity index is 510. The lowest BCUT2D eigenvalue weighted by atomic mass is 9.89. The van der Waals surface area contributed by atoms with E-state index in [2.05, 4.69) is 34.8 Å². The molecule has 2 aliphatic heterocycles. The first-order valence-corrected chi connectivity index (χ1v) is 9.09. The molecule has 2 atom stereocenters. The molecule has 0 radical (unpaired) electrons. The van der Waals surface area contributed by atoms with Gasteiger partial charge in [-0.3, -0.25) is 14.7 Å². The van der Waals surface area contributed by atoms with Gasteiger partial charge in [0, 0.05) is 17.3 Å². The molecule has 0 spiro atoms. The molecule has 0 aromatic carbocycles. The van der Waals surface area contributed by atoms with E-state index in [1.165, 1.54) is 4.90 Å². The number of halogens is 2. The van der Waals surface area contributed by atoms with Crippen LogP contribution in [0.3, 0.4) is 0 Å². The highest BCUT2D eigenvalue weighted by Gasteiger charge is 2.63. The van der Waals surface area contributed by atoms with Crippen molar-refractivity contribution in [3.8, 4) is 0 Å². The van der Waals surface area contributed by atoms with Crippen LogP contribution >= 0.6 is 44.7 Å². The van der Waals surface area contributed by atoms with E-state index in [4.69, 9.17) is 0 Å². The first-order valence-electron chi connectivity index (χ1n) is 6.92. The van der Waals surface area contributed by atoms with Gasteiger partial charge in [-0.2, -0.15) is 0 Å². The van der Waals surface area contributed by atoms with Crippen LogP contribution in [0.15, 0.2) is 16.8 Å². The number of amides is 1. The average molecular weight is 456 g/mol. The van der Waals surface area contributed by atoms with Crippen LogP contribution in [0.1, 0.15) is 26.7 Å². The largest absolute Gasteiger partial charge is 0.477 e. The van der Waals surface area contributed by atoms with Gasteiger partial charge in [0.15, 0.2) is 5.54 Å². The summed E-state index contributed by atoms with van der Waals surface area (Å²) in [6, 6.07) is 0. The monoisotopic (exact) mass is 454 g/mol. The molecule has 1 fully saturated rings. The molecular formula is C14H20Br2N2O3S. The third-order valence-electron chi connectivity index (χ3n) is 3.64. The molecule has 0 aromatic heterocycles. The highest BCUT2D eigenvalue weighted by Crippen LogP contribution is 2.47. The quantitative estimate of drug-likeness (QED) is 0.379. The molecule has 8 heteroatoms. The molecule has 0 aliphatic carbocycles. The molecular weight excluding hydrogens is 436 g/mol. The van der Waals surface area contributed by atoms with Crippen LogP contribution in [0.5, 0.6) is 0 Å². The van der Waals surface area contributed by atoms with Crippen LogP contribution in [0.2, 0.25) is 0 Å². The molecule has 0 unspecified atom stereocenters. The van der Waals surface area contributed by atoms with Crippen molar-refractivity contribution in [1.29, 1.82) is 0 Å². The van der Waals surface area contributed by atoms with Crippen LogP contribution in [0.4, 0.5) is 0 Å². The van der Waals surface area contributed by atoms with Crippen molar-refractivity contribution in [2.75, 3.05) is 11.1 Å². The molecule has 124 valence electrons. The van der Waals surface area contributed by atoms with Gasteiger partial charge >= 0.3 is 5.97 Å². The number of carbonyl (C=O) groups is 2. The minimum Gasteiger partial charge on any atom is -0.477 e. The first-order chi connectivity index (χ1) is 9.94. The maximum absolute atomic E-state index is 12.5. The number of carboxylic acid groups (broad SMARTS) is 1. The molecule has 2 rings (SSSR count). The Hall–Kier alpha value is -0.340. The van der Waals surface area contributed by atoms with Gasteiger partial charge in [0.05, 0.1) is 0 Å². The average Bonchev–Trinajstić information content (AvgIpc) is 2.45. The number of hydrogen-bond donors (Lipinski definition) is 1. The molecule has 0 bridgehead atoms. The number of fused-ring (bicyclic) bond motifs is 1. The fraction of sp³-hybridized carbons (Fsp3) is 0.643. The summed E-state index contributed by atoms with van der Waals surface area (Å²) in [5.74, 6) is -0.103. The molecule has 1 N–H and O–H groups in total. The van der Waals surface area contributed by atoms with Crippen molar-refractivity contribution >= 4 is 62.8 Å². The van der Waals surface area contributed by atoms with Crippen molar-refractivity contribution in [2.45, 2.75) is 37.6 Å². The molecule has 0 saturated carbocycles. The van der Waals surface area contributed by atoms with E-state index in [1.54, 1.807) is 17.8 Å². The number of thioether (sulfide) groups is 1. The highest BCUT2D eigenvalue weighted by molar-refractivity contribution is 9.09. The minimum atomic E-state index is -1.05. The predicted molar refractivity (Wildman–Crippen MR) is 98.2 cm³/mol. The molecule has 1 saturated heterocycles. The summed E-state index contributed by atoms with van der Waals surface area (Å²) in [4.78, 5) is 29.5. The van der Waals surface area contributed by atoms with E-state index in [9.17, 15) is 14.7 Å². The van der Waals surface area contributed by atoms with E-state index in [0.29, 0.717) is 17.0 Å². The van der Waals surface area contributed by atoms with Crippen molar-refractivity contribution in [1.82, 2.24) is 4.90 Å². The van der Waals surface area contributed by atoms with Gasteiger partial charge in [-0.15, -0.1) is 28.7 Å². The van der Waals surface area contributed by atoms with E-state index >= 15 is 0 Å². The fourth-order valence-corrected chi connectivity index (χ4v) is 4.66. The zero-order chi connectivity index (χ0) is 15.6. The summed E-state index contributed by atoms with van der Waals surface area (Å²) in [6.07, 6.45) is 5.26. The number of β-lactam (4-membered cyclic amide) rings is 1. The van der Waals surface area contributed by atoms with Crippen molar-refractivity contribution in [3.63, 3.8) is 0 Å². The van der Waals surface area contributed by atoms with Gasteiger partial charge in [0.1, 0.15) is 11.1 Å². The van der Waals surface area contributed by atoms with Crippen molar-refractivity contribution in [3.05, 3.63) is 11.8 Å². The summed E-state index contributed by atoms with van der Waals surface area (Å²) in [5, 5.41) is 9.36. The van der Waals surface area contributed by atoms with Gasteiger partial charge in [-0.05, 0) is 24.8 Å². The molecule has 1 amide bonds. The Morgan fingerprint density at radius 3 is 2.91 bits per heavy atom. The highest BCUT2D eigenvalue weighted by atomic mass is 79.9. The number of rotatable bonds is 6. The minimum absolute atomic E-state index is 0. The van der Waals surface area contributed by atoms with Crippen LogP contribution in [0.25, 0.3) is 0 Å². The number of aliphatic imine (C=N–C) groups is 1. The van der Waals surface area contributed by atoms with Crippen LogP contribution in [-0.2, 0) is 9.59 Å². The van der Waals surface area contributed by atoms with E-state index in [1.807, 2.05) is 6.21 Å². The normalized spacial score (nSPS) is 27.3. The van der Waals surface area contributed by atoms with Gasteiger partial charge in [-0.1, -0.05) is 29.8 Å². The Balaban J connectivity index is 0.00000242. The lowest BCUT2D eigenvalue weighted by molar-refractivity contribution is -0.152. The number of hydrogen-bond acceptors (Lipinski definition) is 4. The van der Waals surface area contributed by atoms with Crippen LogP contribution in [0, 0.1) is 5.92 Å². The van der Waals surface area contributed by atoms with Gasteiger partial charge < -0.3 is 5.11 Å². The number of carboxylic acids is 1. The Kier molecular flexibility index (Phi) is 7.14. The van der Waals surface area contributed by atoms with Gasteiger partial charge in [0.25, 0.3) is 5.91 Å². The van der Waals surface area contributed by atoms with Crippen LogP contribution in [-0.4, -0.2) is 50.1 Å². The number of nitrogens with zero attached hydrogens (tertiary/aromatic N) is 2. The molecule has 5 nitrogen and oxygen atoms in total. The van der Waals surface area contributed by atoms with Crippen LogP contribution < -0.4 is 0 Å². The number of carbonyl (C=O) groups excluding carboxylic acids is 1. The first kappa shape index (κ1) is 19.7. The number of alkyl halides is 1. The van der Waals surface area contributed by atoms with Crippen molar-refractivity contribution in [2.24, 2.45) is 10.9 Å². The molecule has 22 heavy (non-hydrogen) atoms. The summed E-state index contributed by atoms with van der Waals surface area (Å²) >= 11 is 4.94. The SMILES string of the molecule is Br.CC(C)CCC=N[C@]1(CBr)C(=O)N2C(C(=O)O)=CCS[C@H]21. The Morgan fingerprint density at radius 1 is 1.68 bits per heavy atom. The second-order valence-electron chi connectivity index (χ2n) is 5.60. The third kappa shape index (κ3) is 3.43. The van der Waals surface area contributed by atoms with E-state index in [-0.39, 0.29) is 34.0 Å². The summed E-state index contributed by atoms with van der Waals surface area (Å²) in [5.41, 5.74) is -0.769. The maximum Gasteiger partial charge on any atom is 0.352 e. The van der Waals surface area contributed by atoms with Gasteiger partial charge in [0.2, 0.25) is 0 Å². The second kappa shape index (κ2) is 7.97. The zero-order valence-electron chi connectivity index (χ0n) is 12.5. The predicted octanol–water partition coefficient (Wildman–Crippen LogP) is 3.09. The zero-order valence-corrected chi connectivity index (χ0v) is 16.6. The van der Waals surface area contributed by atoms with E-state index < -0.39 is 11.5 Å². The summed E-state index contributed by atoms with van der Waals surface area (Å²) in [7, 11) is 0. The third-order valence-corrected chi connectivity index (χ3v) is 5.77. The second-order valence-corrected chi connectivity index (χ2v) is 7.27. The number of aliphatic carboxylic acids is 1. The Labute approximate surface area is 153 Å². The standard InChI is InChI=1S/C14H19BrN2O3S.BrH/c1-9(2)4-3-6-16-14(8-15)12(20)17-10(11(18)19)5-7-21-13(14)17;/h5-6,9,13H,3-4,7-8H2,1-2H3,(H,18,19);1H/t13-,14+;/m0./s1. The Morgan fingerprint density at radius 2 is 2.36 bits per heavy atom. The molecule has 2 heterocycles. The fourth-order valence-electron chi connectivity index (χ4n) is 2.44. The molecule has 0 aromatic rings. The molecule has 2 aliphatic rings. The summed E-state index contributed by atoms with van der Waals surface area (Å²) in [6.45, 7) is 4.29. The topological polar surface area (TPSA) is 70.0 Å². The van der Waals surface area contributed by atoms with Gasteiger partial charge in [-0.25, -0.2) is 4.79 Å². The lowest BCUT2D eigenvalue weighted by Gasteiger charge is -2.53. The smallest absolute Gasteiger partial charge is 0.352 e. The maximum atomic E-state index is 12.5. The lowest BCUT2D eigenvalue weighted by Crippen LogP contribution is -2.73. The van der Waals surface area contributed by atoms with E-state index in [0.717, 1.165) is 12.8 Å².